The van der Waals surface area contributed by atoms with Gasteiger partial charge in [-0.05, 0) is 39.5 Å². The van der Waals surface area contributed by atoms with Crippen LogP contribution in [-0.4, -0.2) is 29.7 Å². The highest BCUT2D eigenvalue weighted by atomic mass is 16.6. The fourth-order valence-electron chi connectivity index (χ4n) is 1.32. The Morgan fingerprint density at radius 1 is 1.05 bits per heavy atom. The summed E-state index contributed by atoms with van der Waals surface area (Å²) in [6.07, 6.45) is 1.93. The average Bonchev–Trinajstić information content (AvgIpc) is 2.30. The van der Waals surface area contributed by atoms with Gasteiger partial charge in [-0.15, -0.1) is 0 Å². The molecule has 3 heteroatoms. The first kappa shape index (κ1) is 20.6. The normalized spacial score (nSPS) is 11.4. The van der Waals surface area contributed by atoms with Crippen LogP contribution in [0.25, 0.3) is 0 Å². The van der Waals surface area contributed by atoms with Crippen molar-refractivity contribution in [3.63, 3.8) is 0 Å². The molecule has 0 aromatic heterocycles. The van der Waals surface area contributed by atoms with E-state index in [-0.39, 0.29) is 11.5 Å². The number of carbonyl (C=O) groups excluding carboxylic acids is 1. The average molecular weight is 273 g/mol. The summed E-state index contributed by atoms with van der Waals surface area (Å²) in [6, 6.07) is 0. The van der Waals surface area contributed by atoms with Gasteiger partial charge in [-0.1, -0.05) is 41.0 Å². The molecule has 0 heterocycles. The molecule has 116 valence electrons. The van der Waals surface area contributed by atoms with E-state index >= 15 is 0 Å². The van der Waals surface area contributed by atoms with E-state index in [1.165, 1.54) is 0 Å². The predicted molar refractivity (Wildman–Crippen MR) is 83.5 cm³/mol. The molecule has 0 saturated carbocycles. The second kappa shape index (κ2) is 9.22. The smallest absolute Gasteiger partial charge is 0.410 e. The van der Waals surface area contributed by atoms with Crippen LogP contribution in [-0.2, 0) is 4.74 Å². The molecule has 19 heavy (non-hydrogen) atoms. The van der Waals surface area contributed by atoms with Gasteiger partial charge in [-0.3, -0.25) is 0 Å². The fourth-order valence-corrected chi connectivity index (χ4v) is 1.32. The summed E-state index contributed by atoms with van der Waals surface area (Å²) in [6.45, 7) is 19.8. The summed E-state index contributed by atoms with van der Waals surface area (Å²) in [7, 11) is 0. The van der Waals surface area contributed by atoms with Gasteiger partial charge in [0.1, 0.15) is 5.60 Å². The second-order valence-corrected chi connectivity index (χ2v) is 6.33. The molecule has 0 saturated heterocycles. The third-order valence-corrected chi connectivity index (χ3v) is 3.05. The summed E-state index contributed by atoms with van der Waals surface area (Å²) in [5.41, 5.74) is -0.125. The molecule has 0 aliphatic carbocycles. The van der Waals surface area contributed by atoms with Crippen molar-refractivity contribution in [3.8, 4) is 0 Å². The molecule has 0 bridgehead atoms. The summed E-state index contributed by atoms with van der Waals surface area (Å²) in [5.74, 6) is 0. The Kier molecular flexibility index (Phi) is 9.99. The molecule has 0 aliphatic heterocycles. The van der Waals surface area contributed by atoms with Crippen molar-refractivity contribution in [2.75, 3.05) is 13.1 Å². The van der Waals surface area contributed by atoms with Crippen LogP contribution in [0.2, 0.25) is 0 Å². The maximum atomic E-state index is 11.9. The predicted octanol–water partition coefficient (Wildman–Crippen LogP) is 5.10. The minimum Gasteiger partial charge on any atom is -0.444 e. The lowest BCUT2D eigenvalue weighted by atomic mass is 9.86. The Morgan fingerprint density at radius 2 is 1.53 bits per heavy atom. The van der Waals surface area contributed by atoms with Crippen molar-refractivity contribution in [1.29, 1.82) is 0 Å². The van der Waals surface area contributed by atoms with E-state index in [0.29, 0.717) is 6.54 Å². The first-order valence-electron chi connectivity index (χ1n) is 7.59. The maximum Gasteiger partial charge on any atom is 0.410 e. The number of rotatable bonds is 5. The third-order valence-electron chi connectivity index (χ3n) is 3.05. The van der Waals surface area contributed by atoms with Crippen molar-refractivity contribution in [1.82, 2.24) is 4.90 Å². The van der Waals surface area contributed by atoms with Gasteiger partial charge < -0.3 is 9.64 Å². The summed E-state index contributed by atoms with van der Waals surface area (Å²) in [5, 5.41) is 0. The molecule has 0 atom stereocenters. The zero-order valence-electron chi connectivity index (χ0n) is 14.6. The zero-order valence-corrected chi connectivity index (χ0v) is 14.6. The van der Waals surface area contributed by atoms with Crippen LogP contribution in [0, 0.1) is 5.41 Å². The van der Waals surface area contributed by atoms with Gasteiger partial charge >= 0.3 is 6.09 Å². The van der Waals surface area contributed by atoms with E-state index in [2.05, 4.69) is 20.8 Å². The molecule has 0 aromatic rings. The molecule has 0 N–H and O–H groups in total. The van der Waals surface area contributed by atoms with Gasteiger partial charge in [0.15, 0.2) is 0 Å². The van der Waals surface area contributed by atoms with Crippen molar-refractivity contribution in [2.24, 2.45) is 5.41 Å². The Hall–Kier alpha value is -0.730. The lowest BCUT2D eigenvalue weighted by Crippen LogP contribution is -2.38. The minimum absolute atomic E-state index is 0.202. The molecule has 0 fully saturated rings. The van der Waals surface area contributed by atoms with Crippen LogP contribution in [0.3, 0.4) is 0 Å². The van der Waals surface area contributed by atoms with Crippen LogP contribution in [0.15, 0.2) is 0 Å². The second-order valence-electron chi connectivity index (χ2n) is 6.33. The Balaban J connectivity index is 0. The number of hydrogen-bond donors (Lipinski definition) is 0. The maximum absolute atomic E-state index is 11.9. The van der Waals surface area contributed by atoms with Crippen LogP contribution in [0.5, 0.6) is 0 Å². The van der Waals surface area contributed by atoms with Crippen LogP contribution >= 0.6 is 0 Å². The van der Waals surface area contributed by atoms with Gasteiger partial charge in [-0.2, -0.15) is 0 Å². The van der Waals surface area contributed by atoms with Gasteiger partial charge in [-0.25, -0.2) is 4.79 Å². The van der Waals surface area contributed by atoms with Gasteiger partial charge in [0, 0.05) is 13.1 Å². The largest absolute Gasteiger partial charge is 0.444 e. The molecule has 0 rings (SSSR count). The molecule has 0 aliphatic rings. The number of amides is 1. The standard InChI is InChI=1S/C14H29NO2.C2H6/c1-8-14(6,7)10-11-15(9-2)12(16)17-13(3,4)5;1-2/h8-11H2,1-7H3;1-2H3. The van der Waals surface area contributed by atoms with E-state index in [9.17, 15) is 4.79 Å². The molecule has 0 aromatic carbocycles. The van der Waals surface area contributed by atoms with Crippen molar-refractivity contribution < 1.29 is 9.53 Å². The Bertz CT molecular complexity index is 242. The summed E-state index contributed by atoms with van der Waals surface area (Å²) < 4.78 is 5.38. The zero-order chi connectivity index (χ0) is 15.7. The first-order valence-corrected chi connectivity index (χ1v) is 7.59. The highest BCUT2D eigenvalue weighted by Gasteiger charge is 2.23. The molecule has 0 radical (unpaired) electrons. The van der Waals surface area contributed by atoms with Crippen molar-refractivity contribution >= 4 is 6.09 Å². The topological polar surface area (TPSA) is 29.5 Å². The number of ether oxygens (including phenoxy) is 1. The molecular weight excluding hydrogens is 238 g/mol. The monoisotopic (exact) mass is 273 g/mol. The minimum atomic E-state index is -0.412. The number of nitrogens with zero attached hydrogens (tertiary/aromatic N) is 1. The number of hydrogen-bond acceptors (Lipinski definition) is 2. The van der Waals surface area contributed by atoms with Gasteiger partial charge in [0.05, 0.1) is 0 Å². The lowest BCUT2D eigenvalue weighted by molar-refractivity contribution is 0.0240. The van der Waals surface area contributed by atoms with E-state index in [4.69, 9.17) is 4.74 Å². The van der Waals surface area contributed by atoms with E-state index in [1.807, 2.05) is 41.5 Å². The van der Waals surface area contributed by atoms with Crippen LogP contribution in [0.4, 0.5) is 4.79 Å². The SMILES string of the molecule is CC.CCN(CCC(C)(C)CC)C(=O)OC(C)(C)C. The molecule has 0 spiro atoms. The van der Waals surface area contributed by atoms with Crippen LogP contribution in [0.1, 0.15) is 75.2 Å². The molecule has 1 amide bonds. The highest BCUT2D eigenvalue weighted by Crippen LogP contribution is 2.24. The molecule has 3 nitrogen and oxygen atoms in total. The Morgan fingerprint density at radius 3 is 1.84 bits per heavy atom. The van der Waals surface area contributed by atoms with Crippen molar-refractivity contribution in [3.05, 3.63) is 0 Å². The van der Waals surface area contributed by atoms with Crippen molar-refractivity contribution in [2.45, 2.75) is 80.8 Å². The van der Waals surface area contributed by atoms with Crippen LogP contribution < -0.4 is 0 Å². The third kappa shape index (κ3) is 10.8. The quantitative estimate of drug-likeness (QED) is 0.697. The Labute approximate surface area is 120 Å². The highest BCUT2D eigenvalue weighted by molar-refractivity contribution is 5.68. The van der Waals surface area contributed by atoms with Gasteiger partial charge in [0.2, 0.25) is 0 Å². The fraction of sp³-hybridized carbons (Fsp3) is 0.938. The molecular formula is C16H35NO2. The van der Waals surface area contributed by atoms with E-state index in [0.717, 1.165) is 19.4 Å². The first-order chi connectivity index (χ1) is 8.61. The summed E-state index contributed by atoms with van der Waals surface area (Å²) >= 11 is 0. The lowest BCUT2D eigenvalue weighted by Gasteiger charge is -2.30. The van der Waals surface area contributed by atoms with E-state index in [1.54, 1.807) is 4.90 Å². The molecule has 0 unspecified atom stereocenters. The number of carbonyl (C=O) groups is 1. The van der Waals surface area contributed by atoms with Gasteiger partial charge in [0.25, 0.3) is 0 Å². The van der Waals surface area contributed by atoms with E-state index < -0.39 is 5.60 Å². The summed E-state index contributed by atoms with van der Waals surface area (Å²) in [4.78, 5) is 13.7.